The second kappa shape index (κ2) is 7.26. The van der Waals surface area contributed by atoms with Crippen LogP contribution in [0.4, 0.5) is 10.5 Å². The van der Waals surface area contributed by atoms with E-state index in [0.29, 0.717) is 31.8 Å². The van der Waals surface area contributed by atoms with Crippen LogP contribution in [0.1, 0.15) is 32.1 Å². The Morgan fingerprint density at radius 1 is 1.33 bits per heavy atom. The molecule has 21 heavy (non-hydrogen) atoms. The van der Waals surface area contributed by atoms with Gasteiger partial charge < -0.3 is 19.6 Å². The maximum Gasteiger partial charge on any atom is 0.409 e. The molecule has 6 heteroatoms. The fourth-order valence-electron chi connectivity index (χ4n) is 2.35. The first-order valence-electron chi connectivity index (χ1n) is 7.46. The van der Waals surface area contributed by atoms with E-state index in [9.17, 15) is 9.90 Å². The van der Waals surface area contributed by atoms with E-state index < -0.39 is 6.10 Å². The molecular formula is C15H23N3O3. The molecule has 1 atom stereocenters. The van der Waals surface area contributed by atoms with Crippen LogP contribution in [-0.4, -0.2) is 53.9 Å². The average molecular weight is 293 g/mol. The van der Waals surface area contributed by atoms with Crippen molar-refractivity contribution in [3.05, 3.63) is 24.0 Å². The number of piperazine rings is 1. The summed E-state index contributed by atoms with van der Waals surface area (Å²) in [4.78, 5) is 19.9. The topological polar surface area (TPSA) is 65.9 Å². The zero-order chi connectivity index (χ0) is 15.2. The smallest absolute Gasteiger partial charge is 0.409 e. The minimum Gasteiger partial charge on any atom is -0.450 e. The largest absolute Gasteiger partial charge is 0.450 e. The van der Waals surface area contributed by atoms with Crippen LogP contribution >= 0.6 is 0 Å². The van der Waals surface area contributed by atoms with E-state index in [0.717, 1.165) is 18.8 Å². The number of amides is 1. The molecule has 1 fully saturated rings. The highest BCUT2D eigenvalue weighted by atomic mass is 16.6. The number of hydrogen-bond acceptors (Lipinski definition) is 5. The first-order chi connectivity index (χ1) is 10.2. The Kier molecular flexibility index (Phi) is 5.38. The normalized spacial score (nSPS) is 16.7. The molecule has 2 heterocycles. The van der Waals surface area contributed by atoms with Gasteiger partial charge in [0, 0.05) is 26.2 Å². The molecule has 0 unspecified atom stereocenters. The van der Waals surface area contributed by atoms with Crippen molar-refractivity contribution in [3.63, 3.8) is 0 Å². The van der Waals surface area contributed by atoms with Crippen LogP contribution < -0.4 is 4.90 Å². The van der Waals surface area contributed by atoms with E-state index in [1.54, 1.807) is 11.1 Å². The first kappa shape index (κ1) is 15.6. The Morgan fingerprint density at radius 2 is 2.05 bits per heavy atom. The fraction of sp³-hybridized carbons (Fsp3) is 0.600. The molecule has 0 spiro atoms. The van der Waals surface area contributed by atoms with Crippen molar-refractivity contribution in [1.29, 1.82) is 0 Å². The number of rotatable bonds is 4. The summed E-state index contributed by atoms with van der Waals surface area (Å²) in [7, 11) is 0. The van der Waals surface area contributed by atoms with E-state index in [-0.39, 0.29) is 6.09 Å². The summed E-state index contributed by atoms with van der Waals surface area (Å²) in [5.41, 5.74) is 1.72. The molecule has 6 nitrogen and oxygen atoms in total. The predicted octanol–water partition coefficient (Wildman–Crippen LogP) is 1.80. The lowest BCUT2D eigenvalue weighted by Gasteiger charge is -2.35. The molecule has 0 saturated carbocycles. The van der Waals surface area contributed by atoms with Crippen molar-refractivity contribution in [1.82, 2.24) is 9.88 Å². The van der Waals surface area contributed by atoms with E-state index in [1.807, 2.05) is 26.0 Å². The number of carbonyl (C=O) groups is 1. The van der Waals surface area contributed by atoms with Crippen molar-refractivity contribution in [2.24, 2.45) is 0 Å². The minimum atomic E-state index is -0.500. The summed E-state index contributed by atoms with van der Waals surface area (Å²) in [6.07, 6.45) is 1.70. The van der Waals surface area contributed by atoms with E-state index >= 15 is 0 Å². The highest BCUT2D eigenvalue weighted by molar-refractivity contribution is 5.68. The summed E-state index contributed by atoms with van der Waals surface area (Å²) >= 11 is 0. The van der Waals surface area contributed by atoms with Gasteiger partial charge in [-0.1, -0.05) is 6.92 Å². The Morgan fingerprint density at radius 3 is 2.57 bits per heavy atom. The van der Waals surface area contributed by atoms with Crippen molar-refractivity contribution >= 4 is 11.8 Å². The number of pyridine rings is 1. The van der Waals surface area contributed by atoms with Gasteiger partial charge in [0.05, 0.1) is 30.3 Å². The zero-order valence-corrected chi connectivity index (χ0v) is 12.7. The van der Waals surface area contributed by atoms with Gasteiger partial charge in [0.2, 0.25) is 0 Å². The summed E-state index contributed by atoms with van der Waals surface area (Å²) < 4.78 is 5.01. The highest BCUT2D eigenvalue weighted by Gasteiger charge is 2.22. The van der Waals surface area contributed by atoms with Gasteiger partial charge in [0.1, 0.15) is 0 Å². The molecule has 1 N–H and O–H groups in total. The quantitative estimate of drug-likeness (QED) is 0.917. The Bertz CT molecular complexity index is 456. The Hall–Kier alpha value is -1.82. The van der Waals surface area contributed by atoms with E-state index in [1.165, 1.54) is 0 Å². The molecule has 1 amide bonds. The molecule has 2 rings (SSSR count). The monoisotopic (exact) mass is 293 g/mol. The third-order valence-electron chi connectivity index (χ3n) is 3.67. The van der Waals surface area contributed by atoms with Crippen LogP contribution in [0.5, 0.6) is 0 Å². The fourth-order valence-corrected chi connectivity index (χ4v) is 2.35. The predicted molar refractivity (Wildman–Crippen MR) is 80.3 cm³/mol. The lowest BCUT2D eigenvalue weighted by Crippen LogP contribution is -2.49. The average Bonchev–Trinajstić information content (AvgIpc) is 2.54. The van der Waals surface area contributed by atoms with Crippen LogP contribution in [0, 0.1) is 0 Å². The molecule has 0 bridgehead atoms. The third kappa shape index (κ3) is 3.85. The van der Waals surface area contributed by atoms with Crippen molar-refractivity contribution in [3.8, 4) is 0 Å². The molecule has 0 radical (unpaired) electrons. The molecule has 0 aliphatic carbocycles. The van der Waals surface area contributed by atoms with E-state index in [2.05, 4.69) is 9.88 Å². The number of hydrogen-bond donors (Lipinski definition) is 1. The number of carbonyl (C=O) groups excluding carboxylic acids is 1. The third-order valence-corrected chi connectivity index (χ3v) is 3.67. The van der Waals surface area contributed by atoms with Crippen LogP contribution in [0.15, 0.2) is 18.3 Å². The van der Waals surface area contributed by atoms with Gasteiger partial charge >= 0.3 is 6.09 Å². The number of anilines is 1. The van der Waals surface area contributed by atoms with Gasteiger partial charge in [0.15, 0.2) is 0 Å². The summed E-state index contributed by atoms with van der Waals surface area (Å²) in [5.74, 6) is 0. The first-order valence-corrected chi connectivity index (χ1v) is 7.46. The van der Waals surface area contributed by atoms with Crippen LogP contribution in [0.2, 0.25) is 0 Å². The molecule has 1 aromatic rings. The Balaban J connectivity index is 1.91. The van der Waals surface area contributed by atoms with Crippen LogP contribution in [0.3, 0.4) is 0 Å². The lowest BCUT2D eigenvalue weighted by molar-refractivity contribution is 0.105. The second-order valence-corrected chi connectivity index (χ2v) is 5.04. The molecule has 0 aromatic carbocycles. The second-order valence-electron chi connectivity index (χ2n) is 5.04. The van der Waals surface area contributed by atoms with Gasteiger partial charge in [-0.05, 0) is 25.5 Å². The summed E-state index contributed by atoms with van der Waals surface area (Å²) in [6, 6.07) is 3.84. The molecule has 1 saturated heterocycles. The molecule has 116 valence electrons. The van der Waals surface area contributed by atoms with Gasteiger partial charge in [-0.2, -0.15) is 0 Å². The maximum atomic E-state index is 11.6. The summed E-state index contributed by atoms with van der Waals surface area (Å²) in [6.45, 7) is 6.97. The number of aliphatic hydroxyl groups excluding tert-OH is 1. The molecule has 1 aliphatic heterocycles. The SMILES string of the molecule is CCOC(=O)N1CCN(c2ccc([C@@H](O)CC)nc2)CC1. The molecule has 1 aromatic heterocycles. The molecular weight excluding hydrogens is 270 g/mol. The van der Waals surface area contributed by atoms with E-state index in [4.69, 9.17) is 4.74 Å². The van der Waals surface area contributed by atoms with Crippen LogP contribution in [-0.2, 0) is 4.74 Å². The van der Waals surface area contributed by atoms with Crippen LogP contribution in [0.25, 0.3) is 0 Å². The summed E-state index contributed by atoms with van der Waals surface area (Å²) in [5, 5.41) is 9.74. The number of aliphatic hydroxyl groups is 1. The lowest BCUT2D eigenvalue weighted by atomic mass is 10.2. The zero-order valence-electron chi connectivity index (χ0n) is 12.7. The maximum absolute atomic E-state index is 11.6. The van der Waals surface area contributed by atoms with Crippen molar-refractivity contribution in [2.75, 3.05) is 37.7 Å². The number of ether oxygens (including phenoxy) is 1. The standard InChI is InChI=1S/C15H23N3O3/c1-3-14(19)13-6-5-12(11-16-13)17-7-9-18(10-8-17)15(20)21-4-2/h5-6,11,14,19H,3-4,7-10H2,1-2H3/t14-/m0/s1. The van der Waals surface area contributed by atoms with Gasteiger partial charge in [0.25, 0.3) is 0 Å². The van der Waals surface area contributed by atoms with Crippen molar-refractivity contribution < 1.29 is 14.6 Å². The number of aromatic nitrogens is 1. The van der Waals surface area contributed by atoms with Gasteiger partial charge in [-0.15, -0.1) is 0 Å². The van der Waals surface area contributed by atoms with Gasteiger partial charge in [-0.25, -0.2) is 4.79 Å². The number of nitrogens with zero attached hydrogens (tertiary/aromatic N) is 3. The highest BCUT2D eigenvalue weighted by Crippen LogP contribution is 2.19. The van der Waals surface area contributed by atoms with Crippen molar-refractivity contribution in [2.45, 2.75) is 26.4 Å². The molecule has 1 aliphatic rings. The minimum absolute atomic E-state index is 0.239. The Labute approximate surface area is 125 Å². The van der Waals surface area contributed by atoms with Gasteiger partial charge in [-0.3, -0.25) is 4.98 Å².